The van der Waals surface area contributed by atoms with Crippen LogP contribution in [0.5, 0.6) is 0 Å². The highest BCUT2D eigenvalue weighted by Gasteiger charge is 2.39. The first kappa shape index (κ1) is 25.7. The lowest BCUT2D eigenvalue weighted by atomic mass is 9.83. The Bertz CT molecular complexity index is 1570. The second kappa shape index (κ2) is 9.44. The van der Waals surface area contributed by atoms with E-state index in [1.54, 1.807) is 6.07 Å². The fraction of sp³-hybridized carbons (Fsp3) is 0.267. The Labute approximate surface area is 223 Å². The fourth-order valence-electron chi connectivity index (χ4n) is 5.47. The molecule has 0 bridgehead atoms. The summed E-state index contributed by atoms with van der Waals surface area (Å²) in [6.07, 6.45) is 2.13. The molecular weight excluding hydrogens is 500 g/mol. The quantitative estimate of drug-likeness (QED) is 0.334. The van der Waals surface area contributed by atoms with Crippen LogP contribution in [-0.2, 0) is 31.4 Å². The van der Waals surface area contributed by atoms with Gasteiger partial charge in [0.25, 0.3) is 10.0 Å². The van der Waals surface area contributed by atoms with E-state index in [9.17, 15) is 18.0 Å². The van der Waals surface area contributed by atoms with Crippen LogP contribution in [0.25, 0.3) is 0 Å². The molecule has 0 amide bonds. The molecule has 5 rings (SSSR count). The molecule has 1 atom stereocenters. The summed E-state index contributed by atoms with van der Waals surface area (Å²) in [6, 6.07) is 20.9. The minimum Gasteiger partial charge on any atom is -0.454 e. The van der Waals surface area contributed by atoms with Crippen LogP contribution in [0.4, 0.5) is 11.4 Å². The molecule has 0 N–H and O–H groups in total. The van der Waals surface area contributed by atoms with Crippen molar-refractivity contribution in [2.45, 2.75) is 43.5 Å². The molecule has 2 aliphatic heterocycles. The fourth-order valence-corrected chi connectivity index (χ4v) is 7.21. The first-order chi connectivity index (χ1) is 18.0. The highest BCUT2D eigenvalue weighted by atomic mass is 32.2. The SMILES string of the molecule is CC1Cc2ccccc2N1S(=O)(=O)c1cccc(C(=O)OCC(=O)C=C2N(C)c3ccccc3C2(C)C)c1. The zero-order valence-corrected chi connectivity index (χ0v) is 22.7. The largest absolute Gasteiger partial charge is 0.454 e. The molecule has 8 heteroatoms. The van der Waals surface area contributed by atoms with Crippen LogP contribution in [0.3, 0.4) is 0 Å². The lowest BCUT2D eigenvalue weighted by Crippen LogP contribution is -2.35. The lowest BCUT2D eigenvalue weighted by Gasteiger charge is -2.24. The van der Waals surface area contributed by atoms with Gasteiger partial charge in [0.05, 0.1) is 16.1 Å². The third-order valence-electron chi connectivity index (χ3n) is 7.35. The van der Waals surface area contributed by atoms with Gasteiger partial charge in [-0.2, -0.15) is 0 Å². The van der Waals surface area contributed by atoms with Crippen LogP contribution in [0.15, 0.2) is 89.5 Å². The molecule has 3 aromatic rings. The third kappa shape index (κ3) is 4.28. The number of nitrogens with zero attached hydrogens (tertiary/aromatic N) is 2. The second-order valence-corrected chi connectivity index (χ2v) is 12.1. The average Bonchev–Trinajstić information content (AvgIpc) is 3.34. The van der Waals surface area contributed by atoms with Crippen LogP contribution in [-0.4, -0.2) is 39.9 Å². The Kier molecular flexibility index (Phi) is 6.39. The predicted octanol–water partition coefficient (Wildman–Crippen LogP) is 4.86. The van der Waals surface area contributed by atoms with Crippen LogP contribution in [0, 0.1) is 0 Å². The number of carbonyl (C=O) groups is 2. The van der Waals surface area contributed by atoms with Gasteiger partial charge in [-0.05, 0) is 54.8 Å². The zero-order chi connectivity index (χ0) is 27.2. The van der Waals surface area contributed by atoms with Gasteiger partial charge in [0.15, 0.2) is 12.4 Å². The van der Waals surface area contributed by atoms with Gasteiger partial charge in [0.2, 0.25) is 0 Å². The number of ether oxygens (including phenoxy) is 1. The van der Waals surface area contributed by atoms with Gasteiger partial charge in [-0.25, -0.2) is 13.2 Å². The van der Waals surface area contributed by atoms with Gasteiger partial charge in [0, 0.05) is 36.0 Å². The number of ketones is 1. The number of allylic oxidation sites excluding steroid dienone is 1. The second-order valence-electron chi connectivity index (χ2n) is 10.3. The Morgan fingerprint density at radius 1 is 1.00 bits per heavy atom. The van der Waals surface area contributed by atoms with Gasteiger partial charge >= 0.3 is 5.97 Å². The summed E-state index contributed by atoms with van der Waals surface area (Å²) in [5.74, 6) is -1.11. The minimum atomic E-state index is -3.91. The normalized spacial score (nSPS) is 18.8. The standard InChI is InChI=1S/C30H30N2O5S/c1-20-16-21-10-5-7-14-26(21)32(20)38(35,36)24-12-9-11-22(17-24)29(34)37-19-23(33)18-28-30(2,3)25-13-6-8-15-27(25)31(28)4/h5-15,17-18,20H,16,19H2,1-4H3. The molecule has 7 nitrogen and oxygen atoms in total. The first-order valence-corrected chi connectivity index (χ1v) is 13.9. The molecule has 196 valence electrons. The number of benzene rings is 3. The maximum Gasteiger partial charge on any atom is 0.338 e. The molecule has 1 unspecified atom stereocenters. The number of carbonyl (C=O) groups excluding carboxylic acids is 2. The van der Waals surface area contributed by atoms with E-state index in [2.05, 4.69) is 0 Å². The van der Waals surface area contributed by atoms with Crippen molar-refractivity contribution >= 4 is 33.2 Å². The molecule has 0 saturated carbocycles. The monoisotopic (exact) mass is 530 g/mol. The molecule has 0 aromatic heterocycles. The average molecular weight is 531 g/mol. The number of rotatable bonds is 6. The lowest BCUT2D eigenvalue weighted by molar-refractivity contribution is -0.117. The summed E-state index contributed by atoms with van der Waals surface area (Å²) < 4.78 is 33.8. The third-order valence-corrected chi connectivity index (χ3v) is 9.28. The molecule has 2 aliphatic rings. The summed E-state index contributed by atoms with van der Waals surface area (Å²) in [4.78, 5) is 27.6. The highest BCUT2D eigenvalue weighted by Crippen LogP contribution is 2.46. The summed E-state index contributed by atoms with van der Waals surface area (Å²) in [6.45, 7) is 5.51. The van der Waals surface area contributed by atoms with E-state index in [1.165, 1.54) is 34.6 Å². The molecular formula is C30H30N2O5S. The van der Waals surface area contributed by atoms with Crippen molar-refractivity contribution in [3.05, 3.63) is 101 Å². The number of hydrogen-bond acceptors (Lipinski definition) is 6. The first-order valence-electron chi connectivity index (χ1n) is 12.5. The predicted molar refractivity (Wildman–Crippen MR) is 147 cm³/mol. The Morgan fingerprint density at radius 3 is 2.42 bits per heavy atom. The zero-order valence-electron chi connectivity index (χ0n) is 21.8. The van der Waals surface area contributed by atoms with Crippen LogP contribution < -0.4 is 9.21 Å². The topological polar surface area (TPSA) is 84.0 Å². The van der Waals surface area contributed by atoms with Crippen molar-refractivity contribution in [3.8, 4) is 0 Å². The number of hydrogen-bond donors (Lipinski definition) is 0. The summed E-state index contributed by atoms with van der Waals surface area (Å²) >= 11 is 0. The van der Waals surface area contributed by atoms with Gasteiger partial charge in [0.1, 0.15) is 0 Å². The molecule has 2 heterocycles. The van der Waals surface area contributed by atoms with Crippen molar-refractivity contribution in [1.29, 1.82) is 0 Å². The maximum absolute atomic E-state index is 13.5. The van der Waals surface area contributed by atoms with Gasteiger partial charge < -0.3 is 9.64 Å². The van der Waals surface area contributed by atoms with E-state index in [-0.39, 0.29) is 27.7 Å². The van der Waals surface area contributed by atoms with E-state index < -0.39 is 22.6 Å². The Morgan fingerprint density at radius 2 is 1.68 bits per heavy atom. The molecule has 0 aliphatic carbocycles. The smallest absolute Gasteiger partial charge is 0.338 e. The Balaban J connectivity index is 1.31. The van der Waals surface area contributed by atoms with Crippen molar-refractivity contribution in [1.82, 2.24) is 0 Å². The van der Waals surface area contributed by atoms with E-state index in [0.717, 1.165) is 22.5 Å². The number of para-hydroxylation sites is 2. The van der Waals surface area contributed by atoms with Crippen molar-refractivity contribution < 1.29 is 22.7 Å². The molecule has 0 saturated heterocycles. The number of likely N-dealkylation sites (N-methyl/N-ethyl adjacent to an activating group) is 1. The molecule has 3 aromatic carbocycles. The van der Waals surface area contributed by atoms with E-state index >= 15 is 0 Å². The highest BCUT2D eigenvalue weighted by molar-refractivity contribution is 7.92. The van der Waals surface area contributed by atoms with Gasteiger partial charge in [-0.3, -0.25) is 9.10 Å². The van der Waals surface area contributed by atoms with Crippen molar-refractivity contribution in [2.24, 2.45) is 0 Å². The number of sulfonamides is 1. The van der Waals surface area contributed by atoms with Crippen molar-refractivity contribution in [2.75, 3.05) is 22.9 Å². The minimum absolute atomic E-state index is 0.00366. The van der Waals surface area contributed by atoms with Crippen molar-refractivity contribution in [3.63, 3.8) is 0 Å². The summed E-state index contributed by atoms with van der Waals surface area (Å²) in [7, 11) is -2.00. The summed E-state index contributed by atoms with van der Waals surface area (Å²) in [5, 5.41) is 0. The summed E-state index contributed by atoms with van der Waals surface area (Å²) in [5.41, 5.74) is 4.26. The van der Waals surface area contributed by atoms with Crippen LogP contribution in [0.1, 0.15) is 42.3 Å². The van der Waals surface area contributed by atoms with E-state index in [0.29, 0.717) is 12.1 Å². The van der Waals surface area contributed by atoms with Crippen LogP contribution in [0.2, 0.25) is 0 Å². The number of fused-ring (bicyclic) bond motifs is 2. The number of anilines is 2. The molecule has 0 fully saturated rings. The van der Waals surface area contributed by atoms with Crippen LogP contribution >= 0.6 is 0 Å². The van der Waals surface area contributed by atoms with E-state index in [4.69, 9.17) is 4.74 Å². The molecule has 38 heavy (non-hydrogen) atoms. The Hall–Kier alpha value is -3.91. The molecule has 0 spiro atoms. The number of esters is 1. The van der Waals surface area contributed by atoms with Gasteiger partial charge in [-0.15, -0.1) is 0 Å². The van der Waals surface area contributed by atoms with Gasteiger partial charge in [-0.1, -0.05) is 56.3 Å². The molecule has 0 radical (unpaired) electrons. The van der Waals surface area contributed by atoms with E-state index in [1.807, 2.05) is 75.2 Å². The maximum atomic E-state index is 13.5.